The Morgan fingerprint density at radius 2 is 2.33 bits per heavy atom. The summed E-state index contributed by atoms with van der Waals surface area (Å²) in [6.45, 7) is 2.49. The fourth-order valence-electron chi connectivity index (χ4n) is 2.00. The SMILES string of the molecule is CNCCCn1nc2n(c1=O)CCCC2. The molecule has 1 aliphatic rings. The lowest BCUT2D eigenvalue weighted by molar-refractivity contribution is 0.508. The van der Waals surface area contributed by atoms with Gasteiger partial charge in [-0.1, -0.05) is 0 Å². The van der Waals surface area contributed by atoms with Crippen LogP contribution in [0.25, 0.3) is 0 Å². The highest BCUT2D eigenvalue weighted by Crippen LogP contribution is 2.09. The summed E-state index contributed by atoms with van der Waals surface area (Å²) in [5, 5.41) is 7.43. The first-order valence-electron chi connectivity index (χ1n) is 5.64. The van der Waals surface area contributed by atoms with Crippen LogP contribution in [0.1, 0.15) is 25.1 Å². The molecule has 0 aliphatic carbocycles. The van der Waals surface area contributed by atoms with Gasteiger partial charge in [-0.2, -0.15) is 5.10 Å². The number of hydrogen-bond acceptors (Lipinski definition) is 3. The van der Waals surface area contributed by atoms with Crippen LogP contribution in [0.4, 0.5) is 0 Å². The number of hydrogen-bond donors (Lipinski definition) is 1. The van der Waals surface area contributed by atoms with E-state index in [4.69, 9.17) is 0 Å². The molecule has 84 valence electrons. The van der Waals surface area contributed by atoms with Crippen molar-refractivity contribution in [1.29, 1.82) is 0 Å². The van der Waals surface area contributed by atoms with Crippen molar-refractivity contribution in [2.75, 3.05) is 13.6 Å². The Labute approximate surface area is 89.1 Å². The zero-order valence-corrected chi connectivity index (χ0v) is 9.20. The molecule has 5 nitrogen and oxygen atoms in total. The molecular formula is C10H18N4O. The van der Waals surface area contributed by atoms with Gasteiger partial charge in [0, 0.05) is 19.5 Å². The number of nitrogens with zero attached hydrogens (tertiary/aromatic N) is 3. The van der Waals surface area contributed by atoms with Crippen LogP contribution in [-0.4, -0.2) is 27.9 Å². The molecule has 0 saturated carbocycles. The van der Waals surface area contributed by atoms with Crippen molar-refractivity contribution in [3.05, 3.63) is 16.3 Å². The van der Waals surface area contributed by atoms with Gasteiger partial charge in [-0.15, -0.1) is 0 Å². The molecule has 0 unspecified atom stereocenters. The third-order valence-electron chi connectivity index (χ3n) is 2.83. The summed E-state index contributed by atoms with van der Waals surface area (Å²) in [6, 6.07) is 0. The highest BCUT2D eigenvalue weighted by atomic mass is 16.2. The molecule has 0 fully saturated rings. The number of aromatic nitrogens is 3. The van der Waals surface area contributed by atoms with Gasteiger partial charge in [0.1, 0.15) is 5.82 Å². The second-order valence-electron chi connectivity index (χ2n) is 3.99. The molecule has 0 amide bonds. The van der Waals surface area contributed by atoms with Crippen molar-refractivity contribution >= 4 is 0 Å². The quantitative estimate of drug-likeness (QED) is 0.711. The van der Waals surface area contributed by atoms with Gasteiger partial charge in [-0.3, -0.25) is 4.57 Å². The molecule has 1 aromatic rings. The predicted octanol–water partition coefficient (Wildman–Crippen LogP) is -0.00940. The Balaban J connectivity index is 2.11. The van der Waals surface area contributed by atoms with Crippen molar-refractivity contribution in [3.8, 4) is 0 Å². The summed E-state index contributed by atoms with van der Waals surface area (Å²) >= 11 is 0. The second kappa shape index (κ2) is 4.61. The minimum atomic E-state index is 0.0702. The Kier molecular flexibility index (Phi) is 3.20. The minimum absolute atomic E-state index is 0.0702. The van der Waals surface area contributed by atoms with Crippen LogP contribution in [0.3, 0.4) is 0 Å². The van der Waals surface area contributed by atoms with E-state index in [0.29, 0.717) is 0 Å². The maximum atomic E-state index is 11.9. The van der Waals surface area contributed by atoms with Gasteiger partial charge >= 0.3 is 5.69 Å². The lowest BCUT2D eigenvalue weighted by Crippen LogP contribution is -2.27. The summed E-state index contributed by atoms with van der Waals surface area (Å²) in [5.74, 6) is 0.968. The standard InChI is InChI=1S/C10H18N4O/c1-11-6-4-8-14-10(15)13-7-3-2-5-9(13)12-14/h11H,2-8H2,1H3. The molecule has 0 aromatic carbocycles. The predicted molar refractivity (Wildman–Crippen MR) is 58.0 cm³/mol. The molecule has 0 spiro atoms. The number of nitrogens with one attached hydrogen (secondary N) is 1. The van der Waals surface area contributed by atoms with E-state index in [1.54, 1.807) is 4.68 Å². The smallest absolute Gasteiger partial charge is 0.320 e. The van der Waals surface area contributed by atoms with Crippen LogP contribution in [0.5, 0.6) is 0 Å². The molecule has 0 atom stereocenters. The third kappa shape index (κ3) is 2.12. The molecule has 0 bridgehead atoms. The summed E-state index contributed by atoms with van der Waals surface area (Å²) < 4.78 is 3.43. The highest BCUT2D eigenvalue weighted by Gasteiger charge is 2.15. The zero-order valence-electron chi connectivity index (χ0n) is 9.20. The lowest BCUT2D eigenvalue weighted by atomic mass is 10.2. The first kappa shape index (κ1) is 10.4. The first-order valence-corrected chi connectivity index (χ1v) is 5.64. The van der Waals surface area contributed by atoms with E-state index in [-0.39, 0.29) is 5.69 Å². The van der Waals surface area contributed by atoms with Gasteiger partial charge in [0.05, 0.1) is 0 Å². The summed E-state index contributed by atoms with van der Waals surface area (Å²) in [6.07, 6.45) is 4.17. The van der Waals surface area contributed by atoms with E-state index in [2.05, 4.69) is 10.4 Å². The van der Waals surface area contributed by atoms with Crippen molar-refractivity contribution < 1.29 is 0 Å². The molecule has 15 heavy (non-hydrogen) atoms. The molecular weight excluding hydrogens is 192 g/mol. The minimum Gasteiger partial charge on any atom is -0.320 e. The number of rotatable bonds is 4. The fourth-order valence-corrected chi connectivity index (χ4v) is 2.00. The largest absolute Gasteiger partial charge is 0.345 e. The van der Waals surface area contributed by atoms with Gasteiger partial charge < -0.3 is 5.32 Å². The monoisotopic (exact) mass is 210 g/mol. The number of fused-ring (bicyclic) bond motifs is 1. The molecule has 1 aliphatic heterocycles. The van der Waals surface area contributed by atoms with E-state index < -0.39 is 0 Å². The normalized spacial score (nSPS) is 15.3. The maximum absolute atomic E-state index is 11.9. The molecule has 0 saturated heterocycles. The fraction of sp³-hybridized carbons (Fsp3) is 0.800. The zero-order chi connectivity index (χ0) is 10.7. The van der Waals surface area contributed by atoms with Gasteiger partial charge in [-0.25, -0.2) is 9.48 Å². The van der Waals surface area contributed by atoms with E-state index in [9.17, 15) is 4.79 Å². The van der Waals surface area contributed by atoms with Crippen molar-refractivity contribution in [3.63, 3.8) is 0 Å². The van der Waals surface area contributed by atoms with Gasteiger partial charge in [0.15, 0.2) is 0 Å². The Morgan fingerprint density at radius 3 is 3.07 bits per heavy atom. The summed E-state index contributed by atoms with van der Waals surface area (Å²) in [7, 11) is 1.92. The molecule has 2 heterocycles. The van der Waals surface area contributed by atoms with Gasteiger partial charge in [-0.05, 0) is 32.9 Å². The topological polar surface area (TPSA) is 51.9 Å². The van der Waals surface area contributed by atoms with Crippen LogP contribution >= 0.6 is 0 Å². The van der Waals surface area contributed by atoms with Crippen molar-refractivity contribution in [2.24, 2.45) is 0 Å². The second-order valence-corrected chi connectivity index (χ2v) is 3.99. The Morgan fingerprint density at radius 1 is 1.47 bits per heavy atom. The lowest BCUT2D eigenvalue weighted by Gasteiger charge is -2.09. The van der Waals surface area contributed by atoms with E-state index in [1.807, 2.05) is 11.6 Å². The van der Waals surface area contributed by atoms with Gasteiger partial charge in [0.25, 0.3) is 0 Å². The molecule has 1 N–H and O–H groups in total. The van der Waals surface area contributed by atoms with Crippen LogP contribution in [0.15, 0.2) is 4.79 Å². The Hall–Kier alpha value is -1.10. The van der Waals surface area contributed by atoms with E-state index in [1.165, 1.54) is 0 Å². The van der Waals surface area contributed by atoms with E-state index >= 15 is 0 Å². The van der Waals surface area contributed by atoms with Crippen molar-refractivity contribution in [1.82, 2.24) is 19.7 Å². The molecule has 2 rings (SSSR count). The first-order chi connectivity index (χ1) is 7.33. The Bertz CT molecular complexity index is 379. The molecule has 1 aromatic heterocycles. The van der Waals surface area contributed by atoms with Gasteiger partial charge in [0.2, 0.25) is 0 Å². The maximum Gasteiger partial charge on any atom is 0.345 e. The average Bonchev–Trinajstić information content (AvgIpc) is 2.57. The van der Waals surface area contributed by atoms with Crippen LogP contribution in [0, 0.1) is 0 Å². The summed E-state index contributed by atoms with van der Waals surface area (Å²) in [4.78, 5) is 11.9. The average molecular weight is 210 g/mol. The van der Waals surface area contributed by atoms with Crippen LogP contribution in [-0.2, 0) is 19.5 Å². The molecule has 0 radical (unpaired) electrons. The van der Waals surface area contributed by atoms with Crippen LogP contribution in [0.2, 0.25) is 0 Å². The highest BCUT2D eigenvalue weighted by molar-refractivity contribution is 4.91. The van der Waals surface area contributed by atoms with Crippen LogP contribution < -0.4 is 11.0 Å². The number of aryl methyl sites for hydroxylation is 2. The summed E-state index contributed by atoms with van der Waals surface area (Å²) in [5.41, 5.74) is 0.0702. The van der Waals surface area contributed by atoms with E-state index in [0.717, 1.165) is 51.1 Å². The third-order valence-corrected chi connectivity index (χ3v) is 2.83. The van der Waals surface area contributed by atoms with Crippen molar-refractivity contribution in [2.45, 2.75) is 38.8 Å². The molecule has 5 heteroatoms.